The van der Waals surface area contributed by atoms with E-state index in [-0.39, 0.29) is 30.0 Å². The summed E-state index contributed by atoms with van der Waals surface area (Å²) in [6.45, 7) is 0.205. The van der Waals surface area contributed by atoms with Crippen LogP contribution >= 0.6 is 23.4 Å². The molecule has 0 saturated carbocycles. The van der Waals surface area contributed by atoms with Crippen LogP contribution in [0.5, 0.6) is 0 Å². The second kappa shape index (κ2) is 8.14. The molecule has 0 unspecified atom stereocenters. The molecule has 146 valence electrons. The maximum absolute atomic E-state index is 12.5. The Morgan fingerprint density at radius 2 is 1.90 bits per heavy atom. The topological polar surface area (TPSA) is 79.6 Å². The highest BCUT2D eigenvalue weighted by molar-refractivity contribution is 8.18. The van der Waals surface area contributed by atoms with E-state index in [0.29, 0.717) is 15.5 Å². The number of halogens is 1. The van der Waals surface area contributed by atoms with Gasteiger partial charge in [-0.25, -0.2) is 0 Å². The van der Waals surface area contributed by atoms with Crippen LogP contribution in [0.2, 0.25) is 5.02 Å². The Balaban J connectivity index is 1.36. The second-order valence-corrected chi connectivity index (χ2v) is 7.72. The van der Waals surface area contributed by atoms with E-state index in [0.717, 1.165) is 27.6 Å². The summed E-state index contributed by atoms with van der Waals surface area (Å²) < 4.78 is 5.50. The Labute approximate surface area is 175 Å². The van der Waals surface area contributed by atoms with Crippen molar-refractivity contribution in [1.82, 2.24) is 10.2 Å². The average Bonchev–Trinajstić information content (AvgIpc) is 3.26. The first-order valence-electron chi connectivity index (χ1n) is 8.79. The Morgan fingerprint density at radius 1 is 1.14 bits per heavy atom. The lowest BCUT2D eigenvalue weighted by molar-refractivity contribution is -0.122. The van der Waals surface area contributed by atoms with Gasteiger partial charge in [0.2, 0.25) is 0 Å². The van der Waals surface area contributed by atoms with Crippen molar-refractivity contribution >= 4 is 57.5 Å². The normalized spacial score (nSPS) is 15.5. The van der Waals surface area contributed by atoms with E-state index in [9.17, 15) is 14.4 Å². The molecule has 0 radical (unpaired) electrons. The van der Waals surface area contributed by atoms with Crippen LogP contribution in [0.3, 0.4) is 0 Å². The molecule has 1 aromatic heterocycles. The number of thioether (sulfide) groups is 1. The predicted octanol–water partition coefficient (Wildman–Crippen LogP) is 4.55. The molecule has 4 rings (SSSR count). The molecule has 3 aromatic rings. The lowest BCUT2D eigenvalue weighted by Gasteiger charge is -2.12. The van der Waals surface area contributed by atoms with Crippen LogP contribution in [-0.2, 0) is 4.79 Å². The van der Waals surface area contributed by atoms with Gasteiger partial charge in [0.25, 0.3) is 17.1 Å². The van der Waals surface area contributed by atoms with Gasteiger partial charge in [-0.05, 0) is 47.7 Å². The predicted molar refractivity (Wildman–Crippen MR) is 113 cm³/mol. The largest absolute Gasteiger partial charge is 0.451 e. The van der Waals surface area contributed by atoms with Crippen LogP contribution in [-0.4, -0.2) is 35.0 Å². The van der Waals surface area contributed by atoms with Gasteiger partial charge in [0.05, 0.1) is 4.91 Å². The summed E-state index contributed by atoms with van der Waals surface area (Å²) in [6.07, 6.45) is 1.65. The Hall–Kier alpha value is -3.03. The van der Waals surface area contributed by atoms with Crippen LogP contribution in [0.1, 0.15) is 16.1 Å². The first kappa shape index (κ1) is 19.3. The van der Waals surface area contributed by atoms with Gasteiger partial charge in [-0.2, -0.15) is 0 Å². The van der Waals surface area contributed by atoms with E-state index < -0.39 is 5.91 Å². The summed E-state index contributed by atoms with van der Waals surface area (Å²) >= 11 is 6.73. The van der Waals surface area contributed by atoms with Crippen molar-refractivity contribution in [2.45, 2.75) is 0 Å². The Kier molecular flexibility index (Phi) is 5.42. The molecule has 29 heavy (non-hydrogen) atoms. The molecule has 6 nitrogen and oxygen atoms in total. The maximum Gasteiger partial charge on any atom is 0.293 e. The van der Waals surface area contributed by atoms with Crippen molar-refractivity contribution in [1.29, 1.82) is 0 Å². The third kappa shape index (κ3) is 4.21. The van der Waals surface area contributed by atoms with Gasteiger partial charge >= 0.3 is 0 Å². The molecule has 8 heteroatoms. The lowest BCUT2D eigenvalue weighted by atomic mass is 10.2. The Morgan fingerprint density at radius 3 is 2.66 bits per heavy atom. The lowest BCUT2D eigenvalue weighted by Crippen LogP contribution is -2.37. The van der Waals surface area contributed by atoms with Gasteiger partial charge in [-0.3, -0.25) is 19.3 Å². The van der Waals surface area contributed by atoms with E-state index >= 15 is 0 Å². The van der Waals surface area contributed by atoms with Gasteiger partial charge in [0.15, 0.2) is 5.76 Å². The molecule has 3 amide bonds. The summed E-state index contributed by atoms with van der Waals surface area (Å²) in [5.41, 5.74) is 1.40. The van der Waals surface area contributed by atoms with E-state index in [4.69, 9.17) is 16.0 Å². The molecule has 2 heterocycles. The number of hydrogen-bond donors (Lipinski definition) is 1. The van der Waals surface area contributed by atoms with Crippen LogP contribution in [0.15, 0.2) is 63.9 Å². The molecule has 1 fully saturated rings. The third-order valence-electron chi connectivity index (χ3n) is 4.31. The minimum atomic E-state index is -0.398. The highest BCUT2D eigenvalue weighted by Gasteiger charge is 2.34. The first-order valence-corrected chi connectivity index (χ1v) is 9.98. The molecule has 0 bridgehead atoms. The molecule has 0 spiro atoms. The van der Waals surface area contributed by atoms with E-state index in [2.05, 4.69) is 5.32 Å². The second-order valence-electron chi connectivity index (χ2n) is 6.29. The summed E-state index contributed by atoms with van der Waals surface area (Å²) in [7, 11) is 0. The fourth-order valence-corrected chi connectivity index (χ4v) is 3.86. The first-order chi connectivity index (χ1) is 14.0. The summed E-state index contributed by atoms with van der Waals surface area (Å²) in [5, 5.41) is 3.73. The summed E-state index contributed by atoms with van der Waals surface area (Å²) in [5.74, 6) is -0.596. The zero-order chi connectivity index (χ0) is 20.4. The smallest absolute Gasteiger partial charge is 0.293 e. The molecule has 2 aromatic carbocycles. The van der Waals surface area contributed by atoms with Crippen molar-refractivity contribution in [3.8, 4) is 0 Å². The van der Waals surface area contributed by atoms with Crippen molar-refractivity contribution < 1.29 is 18.8 Å². The standard InChI is InChI=1S/C21H15ClN2O4S/c22-15-7-5-13(6-8-15)11-18-20(26)24(21(27)29-18)10-9-23-19(25)17-12-14-3-1-2-4-16(14)28-17/h1-8,11-12H,9-10H2,(H,23,25)/b18-11-. The van der Waals surface area contributed by atoms with E-state index in [1.807, 2.05) is 18.2 Å². The maximum atomic E-state index is 12.5. The van der Waals surface area contributed by atoms with Gasteiger partial charge in [-0.15, -0.1) is 0 Å². The highest BCUT2D eigenvalue weighted by Crippen LogP contribution is 2.32. The number of carbonyl (C=O) groups excluding carboxylic acids is 3. The molecule has 0 aliphatic carbocycles. The van der Waals surface area contributed by atoms with Gasteiger partial charge < -0.3 is 9.73 Å². The molecule has 1 N–H and O–H groups in total. The van der Waals surface area contributed by atoms with Crippen molar-refractivity contribution in [2.75, 3.05) is 13.1 Å². The number of benzene rings is 2. The number of furan rings is 1. The fraction of sp³-hybridized carbons (Fsp3) is 0.0952. The number of rotatable bonds is 5. The van der Waals surface area contributed by atoms with E-state index in [1.165, 1.54) is 0 Å². The van der Waals surface area contributed by atoms with E-state index in [1.54, 1.807) is 42.5 Å². The monoisotopic (exact) mass is 426 g/mol. The van der Waals surface area contributed by atoms with Gasteiger partial charge in [0.1, 0.15) is 5.58 Å². The van der Waals surface area contributed by atoms with Crippen molar-refractivity contribution in [3.63, 3.8) is 0 Å². The van der Waals surface area contributed by atoms with Crippen LogP contribution in [0.25, 0.3) is 17.0 Å². The summed E-state index contributed by atoms with van der Waals surface area (Å²) in [4.78, 5) is 38.4. The zero-order valence-corrected chi connectivity index (χ0v) is 16.6. The number of imide groups is 1. The number of carbonyl (C=O) groups is 3. The van der Waals surface area contributed by atoms with Crippen LogP contribution in [0.4, 0.5) is 4.79 Å². The molecule has 0 atom stereocenters. The Bertz CT molecular complexity index is 1100. The average molecular weight is 427 g/mol. The van der Waals surface area contributed by atoms with Crippen LogP contribution < -0.4 is 5.32 Å². The van der Waals surface area contributed by atoms with Gasteiger partial charge in [-0.1, -0.05) is 41.9 Å². The quantitative estimate of drug-likeness (QED) is 0.605. The van der Waals surface area contributed by atoms with Gasteiger partial charge in [0, 0.05) is 23.5 Å². The fourth-order valence-electron chi connectivity index (χ4n) is 2.87. The number of fused-ring (bicyclic) bond motifs is 1. The minimum Gasteiger partial charge on any atom is -0.451 e. The zero-order valence-electron chi connectivity index (χ0n) is 15.1. The molecule has 1 aliphatic rings. The molecular formula is C21H15ClN2O4S. The highest BCUT2D eigenvalue weighted by atomic mass is 35.5. The number of hydrogen-bond acceptors (Lipinski definition) is 5. The number of para-hydroxylation sites is 1. The SMILES string of the molecule is O=C(NCCN1C(=O)S/C(=C\c2ccc(Cl)cc2)C1=O)c1cc2ccccc2o1. The van der Waals surface area contributed by atoms with Crippen LogP contribution in [0, 0.1) is 0 Å². The number of amides is 3. The molecule has 1 saturated heterocycles. The minimum absolute atomic E-state index is 0.0780. The molecule has 1 aliphatic heterocycles. The van der Waals surface area contributed by atoms with Crippen molar-refractivity contribution in [3.05, 3.63) is 75.8 Å². The summed E-state index contributed by atoms with van der Waals surface area (Å²) in [6, 6.07) is 15.9. The molecular weight excluding hydrogens is 412 g/mol. The number of nitrogens with zero attached hydrogens (tertiary/aromatic N) is 1. The number of nitrogens with one attached hydrogen (secondary N) is 1. The van der Waals surface area contributed by atoms with Crippen molar-refractivity contribution in [2.24, 2.45) is 0 Å². The third-order valence-corrected chi connectivity index (χ3v) is 5.47.